The number of anilines is 1. The monoisotopic (exact) mass is 329 g/mol. The van der Waals surface area contributed by atoms with Crippen molar-refractivity contribution >= 4 is 16.5 Å². The van der Waals surface area contributed by atoms with Gasteiger partial charge in [-0.05, 0) is 55.1 Å². The first-order chi connectivity index (χ1) is 11.3. The fourth-order valence-corrected chi connectivity index (χ4v) is 4.60. The molecule has 2 aromatic rings. The number of methoxy groups -OCH3 is 1. The minimum Gasteiger partial charge on any atom is -0.497 e. The van der Waals surface area contributed by atoms with E-state index in [4.69, 9.17) is 9.72 Å². The average Bonchev–Trinajstić information content (AvgIpc) is 3.04. The third-order valence-electron chi connectivity index (χ3n) is 4.91. The van der Waals surface area contributed by atoms with Crippen LogP contribution in [-0.4, -0.2) is 49.7 Å². The highest BCUT2D eigenvalue weighted by Gasteiger charge is 2.27. The molecule has 2 fully saturated rings. The third-order valence-corrected chi connectivity index (χ3v) is 6.01. The van der Waals surface area contributed by atoms with Gasteiger partial charge < -0.3 is 14.5 Å². The standard InChI is InChI=1S/C18H23N3OS/c1-22-16-6-4-15(5-7-16)17-11-19-18(23-17)21-10-9-20-8-2-3-14(12-20)13-21/h4-7,11,14H,2-3,8-10,12-13H2,1H3. The number of ether oxygens (including phenoxy) is 1. The topological polar surface area (TPSA) is 28.6 Å². The molecular formula is C18H23N3OS. The first-order valence-corrected chi connectivity index (χ1v) is 9.21. The summed E-state index contributed by atoms with van der Waals surface area (Å²) in [6, 6.07) is 8.24. The summed E-state index contributed by atoms with van der Waals surface area (Å²) in [6.45, 7) is 5.98. The van der Waals surface area contributed by atoms with E-state index in [2.05, 4.69) is 21.9 Å². The second-order valence-corrected chi connectivity index (χ2v) is 7.50. The number of fused-ring (bicyclic) bond motifs is 2. The number of benzene rings is 1. The van der Waals surface area contributed by atoms with Crippen molar-refractivity contribution in [1.82, 2.24) is 9.88 Å². The Bertz CT molecular complexity index is 655. The van der Waals surface area contributed by atoms with Crippen LogP contribution in [0.1, 0.15) is 12.8 Å². The molecule has 2 aliphatic heterocycles. The SMILES string of the molecule is COc1ccc(-c2cnc(N3CCN4CCCC(C4)C3)s2)cc1. The molecule has 0 aliphatic carbocycles. The largest absolute Gasteiger partial charge is 0.497 e. The maximum absolute atomic E-state index is 5.23. The van der Waals surface area contributed by atoms with Crippen molar-refractivity contribution in [2.24, 2.45) is 5.92 Å². The first-order valence-electron chi connectivity index (χ1n) is 8.39. The van der Waals surface area contributed by atoms with Gasteiger partial charge in [-0.2, -0.15) is 0 Å². The summed E-state index contributed by atoms with van der Waals surface area (Å²) >= 11 is 1.80. The van der Waals surface area contributed by atoms with E-state index >= 15 is 0 Å². The van der Waals surface area contributed by atoms with Crippen LogP contribution in [0.5, 0.6) is 5.75 Å². The van der Waals surface area contributed by atoms with Gasteiger partial charge in [0.2, 0.25) is 0 Å². The normalized spacial score (nSPS) is 24.3. The summed E-state index contributed by atoms with van der Waals surface area (Å²) in [5, 5.41) is 1.17. The minimum atomic E-state index is 0.805. The Morgan fingerprint density at radius 3 is 2.83 bits per heavy atom. The van der Waals surface area contributed by atoms with E-state index in [1.54, 1.807) is 18.4 Å². The Kier molecular flexibility index (Phi) is 4.23. The maximum atomic E-state index is 5.23. The predicted molar refractivity (Wildman–Crippen MR) is 95.5 cm³/mol. The lowest BCUT2D eigenvalue weighted by atomic mass is 9.99. The molecule has 2 bridgehead atoms. The molecule has 2 saturated heterocycles. The molecular weight excluding hydrogens is 306 g/mol. The molecule has 1 aromatic carbocycles. The number of hydrogen-bond donors (Lipinski definition) is 0. The molecule has 0 spiro atoms. The lowest BCUT2D eigenvalue weighted by Crippen LogP contribution is -2.35. The van der Waals surface area contributed by atoms with Gasteiger partial charge in [0.15, 0.2) is 5.13 Å². The molecule has 0 amide bonds. The first kappa shape index (κ1) is 15.0. The lowest BCUT2D eigenvalue weighted by Gasteiger charge is -2.29. The molecule has 2 unspecified atom stereocenters. The van der Waals surface area contributed by atoms with E-state index in [1.165, 1.54) is 48.0 Å². The van der Waals surface area contributed by atoms with Crippen LogP contribution >= 0.6 is 11.3 Å². The molecule has 5 heteroatoms. The average molecular weight is 329 g/mol. The Balaban J connectivity index is 1.52. The third kappa shape index (κ3) is 3.21. The predicted octanol–water partition coefficient (Wildman–Crippen LogP) is 3.35. The van der Waals surface area contributed by atoms with Crippen molar-refractivity contribution in [1.29, 1.82) is 0 Å². The van der Waals surface area contributed by atoms with Gasteiger partial charge in [-0.3, -0.25) is 0 Å². The van der Waals surface area contributed by atoms with Crippen LogP contribution in [0.4, 0.5) is 5.13 Å². The molecule has 0 saturated carbocycles. The summed E-state index contributed by atoms with van der Waals surface area (Å²) in [5.74, 6) is 1.70. The van der Waals surface area contributed by atoms with E-state index in [-0.39, 0.29) is 0 Å². The van der Waals surface area contributed by atoms with Gasteiger partial charge in [0.25, 0.3) is 0 Å². The second-order valence-electron chi connectivity index (χ2n) is 6.49. The van der Waals surface area contributed by atoms with Gasteiger partial charge in [0, 0.05) is 32.4 Å². The van der Waals surface area contributed by atoms with E-state index in [0.717, 1.165) is 24.8 Å². The number of piperidine rings is 1. The number of thiazole rings is 1. The van der Waals surface area contributed by atoms with E-state index in [1.807, 2.05) is 18.3 Å². The molecule has 4 rings (SSSR count). The minimum absolute atomic E-state index is 0.805. The highest BCUT2D eigenvalue weighted by atomic mass is 32.1. The molecule has 0 radical (unpaired) electrons. The van der Waals surface area contributed by atoms with Crippen LogP contribution in [-0.2, 0) is 0 Å². The summed E-state index contributed by atoms with van der Waals surface area (Å²) in [4.78, 5) is 11.1. The Labute approximate surface area is 141 Å². The zero-order valence-corrected chi connectivity index (χ0v) is 14.4. The lowest BCUT2D eigenvalue weighted by molar-refractivity contribution is 0.201. The van der Waals surface area contributed by atoms with Crippen LogP contribution in [0, 0.1) is 5.92 Å². The van der Waals surface area contributed by atoms with Crippen LogP contribution in [0.15, 0.2) is 30.5 Å². The molecule has 0 N–H and O–H groups in total. The molecule has 4 nitrogen and oxygen atoms in total. The summed E-state index contributed by atoms with van der Waals surface area (Å²) < 4.78 is 5.23. The Morgan fingerprint density at radius 2 is 2.00 bits per heavy atom. The maximum Gasteiger partial charge on any atom is 0.185 e. The van der Waals surface area contributed by atoms with Gasteiger partial charge in [0.1, 0.15) is 5.75 Å². The van der Waals surface area contributed by atoms with Gasteiger partial charge >= 0.3 is 0 Å². The van der Waals surface area contributed by atoms with Gasteiger partial charge in [-0.25, -0.2) is 4.98 Å². The van der Waals surface area contributed by atoms with Gasteiger partial charge in [-0.1, -0.05) is 11.3 Å². The van der Waals surface area contributed by atoms with Crippen LogP contribution in [0.3, 0.4) is 0 Å². The van der Waals surface area contributed by atoms with Crippen molar-refractivity contribution in [2.45, 2.75) is 12.8 Å². The molecule has 3 heterocycles. The number of hydrogen-bond acceptors (Lipinski definition) is 5. The quantitative estimate of drug-likeness (QED) is 0.863. The Hall–Kier alpha value is -1.59. The smallest absolute Gasteiger partial charge is 0.185 e. The highest BCUT2D eigenvalue weighted by molar-refractivity contribution is 7.18. The van der Waals surface area contributed by atoms with E-state index in [0.29, 0.717) is 0 Å². The number of nitrogens with zero attached hydrogens (tertiary/aromatic N) is 3. The summed E-state index contributed by atoms with van der Waals surface area (Å²) in [6.07, 6.45) is 4.73. The van der Waals surface area contributed by atoms with Crippen molar-refractivity contribution in [3.63, 3.8) is 0 Å². The summed E-state index contributed by atoms with van der Waals surface area (Å²) in [5.41, 5.74) is 1.21. The van der Waals surface area contributed by atoms with Gasteiger partial charge in [0.05, 0.1) is 12.0 Å². The Morgan fingerprint density at radius 1 is 1.13 bits per heavy atom. The molecule has 2 atom stereocenters. The zero-order valence-electron chi connectivity index (χ0n) is 13.6. The van der Waals surface area contributed by atoms with Crippen molar-refractivity contribution in [2.75, 3.05) is 44.7 Å². The van der Waals surface area contributed by atoms with Crippen molar-refractivity contribution < 1.29 is 4.74 Å². The van der Waals surface area contributed by atoms with Crippen molar-refractivity contribution in [3.8, 4) is 16.2 Å². The van der Waals surface area contributed by atoms with Crippen LogP contribution in [0.2, 0.25) is 0 Å². The van der Waals surface area contributed by atoms with E-state index in [9.17, 15) is 0 Å². The molecule has 1 aromatic heterocycles. The fraction of sp³-hybridized carbons (Fsp3) is 0.500. The highest BCUT2D eigenvalue weighted by Crippen LogP contribution is 2.33. The molecule has 23 heavy (non-hydrogen) atoms. The fourth-order valence-electron chi connectivity index (χ4n) is 3.64. The van der Waals surface area contributed by atoms with Gasteiger partial charge in [-0.15, -0.1) is 0 Å². The number of aromatic nitrogens is 1. The number of rotatable bonds is 3. The summed E-state index contributed by atoms with van der Waals surface area (Å²) in [7, 11) is 1.70. The second kappa shape index (κ2) is 6.49. The molecule has 2 aliphatic rings. The van der Waals surface area contributed by atoms with Crippen LogP contribution < -0.4 is 9.64 Å². The zero-order chi connectivity index (χ0) is 15.6. The van der Waals surface area contributed by atoms with Crippen LogP contribution in [0.25, 0.3) is 10.4 Å². The molecule has 122 valence electrons. The van der Waals surface area contributed by atoms with Crippen molar-refractivity contribution in [3.05, 3.63) is 30.5 Å². The van der Waals surface area contributed by atoms with E-state index < -0.39 is 0 Å².